The highest BCUT2D eigenvalue weighted by Crippen LogP contribution is 2.34. The smallest absolute Gasteiger partial charge is 0.255 e. The Bertz CT molecular complexity index is 1150. The van der Waals surface area contributed by atoms with Crippen LogP contribution in [0.1, 0.15) is 22.8 Å². The molecule has 0 N–H and O–H groups in total. The van der Waals surface area contributed by atoms with Crippen molar-refractivity contribution in [3.8, 4) is 16.6 Å². The Morgan fingerprint density at radius 1 is 1.21 bits per heavy atom. The summed E-state index contributed by atoms with van der Waals surface area (Å²) in [5.41, 5.74) is 2.31. The molecule has 0 aromatic carbocycles. The first kappa shape index (κ1) is 17.8. The van der Waals surface area contributed by atoms with Gasteiger partial charge in [0, 0.05) is 31.5 Å². The molecule has 1 saturated heterocycles. The number of likely N-dealkylation sites (tertiary alicyclic amines) is 1. The number of carbonyl (C=O) groups is 1. The number of thiophene rings is 1. The first-order valence-electron chi connectivity index (χ1n) is 9.41. The van der Waals surface area contributed by atoms with E-state index >= 15 is 0 Å². The molecule has 0 radical (unpaired) electrons. The summed E-state index contributed by atoms with van der Waals surface area (Å²) in [6, 6.07) is 11.6. The van der Waals surface area contributed by atoms with Crippen LogP contribution in [0, 0.1) is 0 Å². The Hall–Kier alpha value is -3.26. The van der Waals surface area contributed by atoms with E-state index in [1.54, 1.807) is 43.0 Å². The molecule has 7 nitrogen and oxygen atoms in total. The summed E-state index contributed by atoms with van der Waals surface area (Å²) in [6.45, 7) is 1.30. The second-order valence-corrected chi connectivity index (χ2v) is 7.86. The minimum absolute atomic E-state index is 0.0160. The maximum absolute atomic E-state index is 12.9. The Morgan fingerprint density at radius 2 is 2.14 bits per heavy atom. The summed E-state index contributed by atoms with van der Waals surface area (Å²) in [5.74, 6) is 1.40. The van der Waals surface area contributed by atoms with E-state index in [2.05, 4.69) is 20.6 Å². The second kappa shape index (κ2) is 7.29. The van der Waals surface area contributed by atoms with Crippen LogP contribution in [-0.4, -0.2) is 50.5 Å². The van der Waals surface area contributed by atoms with Crippen molar-refractivity contribution in [2.24, 2.45) is 0 Å². The molecular formula is C21H19N5O2S. The normalized spacial score (nSPS) is 16.4. The second-order valence-electron chi connectivity index (χ2n) is 6.91. The van der Waals surface area contributed by atoms with Crippen molar-refractivity contribution >= 4 is 28.4 Å². The summed E-state index contributed by atoms with van der Waals surface area (Å²) >= 11 is 1.66. The third kappa shape index (κ3) is 3.15. The Balaban J connectivity index is 1.46. The lowest BCUT2D eigenvalue weighted by molar-refractivity contribution is 0.0787. The van der Waals surface area contributed by atoms with Gasteiger partial charge in [-0.3, -0.25) is 4.79 Å². The number of carbonyl (C=O) groups excluding carboxylic acids is 1. The standard InChI is InChI=1S/C21H19N5O2S/c1-28-18-7-6-14(12-23-18)21(27)25-10-8-15(13-25)26-19-16(4-2-9-22-19)24-20(26)17-5-3-11-29-17/h2-7,9,11-12,15H,8,10,13H2,1H3/t15-/m0/s1. The highest BCUT2D eigenvalue weighted by molar-refractivity contribution is 7.13. The van der Waals surface area contributed by atoms with Crippen LogP contribution in [0.4, 0.5) is 0 Å². The van der Waals surface area contributed by atoms with Gasteiger partial charge in [-0.1, -0.05) is 6.07 Å². The van der Waals surface area contributed by atoms with Gasteiger partial charge in [-0.15, -0.1) is 11.3 Å². The maximum atomic E-state index is 12.9. The van der Waals surface area contributed by atoms with Crippen LogP contribution in [-0.2, 0) is 0 Å². The van der Waals surface area contributed by atoms with Gasteiger partial charge in [0.05, 0.1) is 23.6 Å². The molecule has 1 amide bonds. The number of methoxy groups -OCH3 is 1. The number of fused-ring (bicyclic) bond motifs is 1. The predicted molar refractivity (Wildman–Crippen MR) is 111 cm³/mol. The van der Waals surface area contributed by atoms with Gasteiger partial charge in [0.1, 0.15) is 5.52 Å². The van der Waals surface area contributed by atoms with Gasteiger partial charge in [0.2, 0.25) is 5.88 Å². The van der Waals surface area contributed by atoms with Gasteiger partial charge < -0.3 is 14.2 Å². The lowest BCUT2D eigenvalue weighted by atomic mass is 10.2. The average molecular weight is 405 g/mol. The number of imidazole rings is 1. The maximum Gasteiger partial charge on any atom is 0.255 e. The number of hydrogen-bond donors (Lipinski definition) is 0. The molecule has 1 aliphatic heterocycles. The lowest BCUT2D eigenvalue weighted by Gasteiger charge is -2.18. The molecule has 0 spiro atoms. The van der Waals surface area contributed by atoms with Crippen molar-refractivity contribution in [2.45, 2.75) is 12.5 Å². The molecule has 0 aliphatic carbocycles. The lowest BCUT2D eigenvalue weighted by Crippen LogP contribution is -2.29. The minimum atomic E-state index is -0.0160. The number of nitrogens with zero attached hydrogens (tertiary/aromatic N) is 5. The van der Waals surface area contributed by atoms with Gasteiger partial charge in [-0.2, -0.15) is 0 Å². The Kier molecular flexibility index (Phi) is 4.48. The highest BCUT2D eigenvalue weighted by atomic mass is 32.1. The summed E-state index contributed by atoms with van der Waals surface area (Å²) in [4.78, 5) is 29.5. The molecule has 1 atom stereocenters. The fourth-order valence-electron chi connectivity index (χ4n) is 3.80. The van der Waals surface area contributed by atoms with Crippen LogP contribution in [0.2, 0.25) is 0 Å². The van der Waals surface area contributed by atoms with E-state index < -0.39 is 0 Å². The summed E-state index contributed by atoms with van der Waals surface area (Å²) in [7, 11) is 1.56. The van der Waals surface area contributed by atoms with Crippen molar-refractivity contribution in [1.82, 2.24) is 24.4 Å². The molecule has 8 heteroatoms. The number of amides is 1. The van der Waals surface area contributed by atoms with Crippen molar-refractivity contribution in [1.29, 1.82) is 0 Å². The number of ether oxygens (including phenoxy) is 1. The van der Waals surface area contributed by atoms with Crippen LogP contribution in [0.3, 0.4) is 0 Å². The van der Waals surface area contributed by atoms with Crippen LogP contribution >= 0.6 is 11.3 Å². The molecule has 1 aliphatic rings. The molecule has 5 heterocycles. The third-order valence-corrected chi connectivity index (χ3v) is 6.06. The quantitative estimate of drug-likeness (QED) is 0.518. The molecule has 4 aromatic rings. The molecule has 146 valence electrons. The van der Waals surface area contributed by atoms with E-state index in [1.807, 2.05) is 28.5 Å². The third-order valence-electron chi connectivity index (χ3n) is 5.20. The number of hydrogen-bond acceptors (Lipinski definition) is 6. The van der Waals surface area contributed by atoms with E-state index in [-0.39, 0.29) is 11.9 Å². The van der Waals surface area contributed by atoms with Crippen LogP contribution < -0.4 is 4.74 Å². The van der Waals surface area contributed by atoms with Gasteiger partial charge in [0.15, 0.2) is 11.5 Å². The molecular weight excluding hydrogens is 386 g/mol. The van der Waals surface area contributed by atoms with E-state index in [9.17, 15) is 4.79 Å². The highest BCUT2D eigenvalue weighted by Gasteiger charge is 2.31. The van der Waals surface area contributed by atoms with Crippen molar-refractivity contribution in [2.75, 3.05) is 20.2 Å². The average Bonchev–Trinajstić information content (AvgIpc) is 3.52. The monoisotopic (exact) mass is 405 g/mol. The number of aromatic nitrogens is 4. The van der Waals surface area contributed by atoms with Crippen LogP contribution in [0.25, 0.3) is 21.9 Å². The molecule has 1 fully saturated rings. The first-order valence-corrected chi connectivity index (χ1v) is 10.3. The largest absolute Gasteiger partial charge is 0.481 e. The van der Waals surface area contributed by atoms with Crippen molar-refractivity contribution in [3.63, 3.8) is 0 Å². The van der Waals surface area contributed by atoms with Crippen LogP contribution in [0.15, 0.2) is 54.2 Å². The van der Waals surface area contributed by atoms with Gasteiger partial charge in [0.25, 0.3) is 5.91 Å². The summed E-state index contributed by atoms with van der Waals surface area (Å²) < 4.78 is 7.27. The first-order chi connectivity index (χ1) is 14.2. The fraction of sp³-hybridized carbons (Fsp3) is 0.238. The SMILES string of the molecule is COc1ccc(C(=O)N2CC[C@H](n3c(-c4cccs4)nc4cccnc43)C2)cn1. The van der Waals surface area contributed by atoms with Gasteiger partial charge in [-0.25, -0.2) is 15.0 Å². The molecule has 29 heavy (non-hydrogen) atoms. The van der Waals surface area contributed by atoms with E-state index in [0.717, 1.165) is 28.3 Å². The molecule has 4 aromatic heterocycles. The predicted octanol–water partition coefficient (Wildman–Crippen LogP) is 3.65. The van der Waals surface area contributed by atoms with Crippen molar-refractivity contribution < 1.29 is 9.53 Å². The van der Waals surface area contributed by atoms with Crippen molar-refractivity contribution in [3.05, 3.63) is 59.7 Å². The van der Waals surface area contributed by atoms with Gasteiger partial charge >= 0.3 is 0 Å². The zero-order chi connectivity index (χ0) is 19.8. The summed E-state index contributed by atoms with van der Waals surface area (Å²) in [5, 5.41) is 2.05. The number of pyridine rings is 2. The summed E-state index contributed by atoms with van der Waals surface area (Å²) in [6.07, 6.45) is 4.22. The molecule has 0 bridgehead atoms. The van der Waals surface area contributed by atoms with E-state index in [1.165, 1.54) is 0 Å². The zero-order valence-corrected chi connectivity index (χ0v) is 16.7. The molecule has 0 saturated carbocycles. The number of rotatable bonds is 4. The Labute approximate surface area is 171 Å². The Morgan fingerprint density at radius 3 is 2.90 bits per heavy atom. The molecule has 5 rings (SSSR count). The van der Waals surface area contributed by atoms with E-state index in [4.69, 9.17) is 9.72 Å². The fourth-order valence-corrected chi connectivity index (χ4v) is 4.51. The van der Waals surface area contributed by atoms with E-state index in [0.29, 0.717) is 24.5 Å². The molecule has 0 unspecified atom stereocenters. The minimum Gasteiger partial charge on any atom is -0.481 e. The zero-order valence-electron chi connectivity index (χ0n) is 15.9. The van der Waals surface area contributed by atoms with Crippen LogP contribution in [0.5, 0.6) is 5.88 Å². The van der Waals surface area contributed by atoms with Gasteiger partial charge in [-0.05, 0) is 36.1 Å². The topological polar surface area (TPSA) is 73.1 Å².